The summed E-state index contributed by atoms with van der Waals surface area (Å²) < 4.78 is 10.1. The van der Waals surface area contributed by atoms with Gasteiger partial charge in [0.2, 0.25) is 5.91 Å². The molecule has 1 aliphatic rings. The first-order valence-electron chi connectivity index (χ1n) is 8.22. The van der Waals surface area contributed by atoms with Gasteiger partial charge in [0.1, 0.15) is 11.3 Å². The molecule has 5 nitrogen and oxygen atoms in total. The number of methoxy groups -OCH3 is 2. The second kappa shape index (κ2) is 8.38. The van der Waals surface area contributed by atoms with E-state index in [4.69, 9.17) is 21.1 Å². The van der Waals surface area contributed by atoms with Crippen LogP contribution in [-0.2, 0) is 20.7 Å². The molecule has 1 aromatic rings. The van der Waals surface area contributed by atoms with Crippen molar-refractivity contribution < 1.29 is 19.1 Å². The maximum absolute atomic E-state index is 12.5. The summed E-state index contributed by atoms with van der Waals surface area (Å²) in [4.78, 5) is 24.8. The van der Waals surface area contributed by atoms with Crippen LogP contribution in [0.5, 0.6) is 5.75 Å². The zero-order valence-corrected chi connectivity index (χ0v) is 14.9. The minimum Gasteiger partial charge on any atom is -0.497 e. The molecule has 1 amide bonds. The van der Waals surface area contributed by atoms with E-state index in [0.29, 0.717) is 29.2 Å². The number of halogens is 1. The standard InChI is InChI=1S/C18H24ClNO4/c1-23-14-8-7-13(15(19)12-14)11-16(21)20-18(17(22)24-2)9-5-3-4-6-10-18/h7-8,12H,3-6,9-11H2,1-2H3,(H,20,21). The Kier molecular flexibility index (Phi) is 6.49. The Morgan fingerprint density at radius 2 is 1.83 bits per heavy atom. The van der Waals surface area contributed by atoms with E-state index in [2.05, 4.69) is 5.32 Å². The van der Waals surface area contributed by atoms with Crippen LogP contribution in [0.2, 0.25) is 5.02 Å². The molecular formula is C18H24ClNO4. The van der Waals surface area contributed by atoms with Gasteiger partial charge in [0.05, 0.1) is 20.6 Å². The number of hydrogen-bond acceptors (Lipinski definition) is 4. The summed E-state index contributed by atoms with van der Waals surface area (Å²) in [6, 6.07) is 5.20. The number of nitrogens with one attached hydrogen (secondary N) is 1. The third-order valence-electron chi connectivity index (χ3n) is 4.52. The highest BCUT2D eigenvalue weighted by Gasteiger charge is 2.41. The fraction of sp³-hybridized carbons (Fsp3) is 0.556. The quantitative estimate of drug-likeness (QED) is 0.651. The van der Waals surface area contributed by atoms with Crippen molar-refractivity contribution in [1.29, 1.82) is 0 Å². The van der Waals surface area contributed by atoms with Gasteiger partial charge in [-0.15, -0.1) is 0 Å². The van der Waals surface area contributed by atoms with Crippen LogP contribution < -0.4 is 10.1 Å². The zero-order valence-electron chi connectivity index (χ0n) is 14.2. The molecule has 0 aliphatic heterocycles. The van der Waals surface area contributed by atoms with E-state index >= 15 is 0 Å². The molecule has 24 heavy (non-hydrogen) atoms. The van der Waals surface area contributed by atoms with E-state index < -0.39 is 5.54 Å². The molecule has 0 radical (unpaired) electrons. The number of carbonyl (C=O) groups excluding carboxylic acids is 2. The molecule has 1 N–H and O–H groups in total. The number of esters is 1. The van der Waals surface area contributed by atoms with E-state index in [-0.39, 0.29) is 18.3 Å². The van der Waals surface area contributed by atoms with Gasteiger partial charge in [0, 0.05) is 5.02 Å². The topological polar surface area (TPSA) is 64.6 Å². The van der Waals surface area contributed by atoms with Crippen molar-refractivity contribution in [2.24, 2.45) is 0 Å². The van der Waals surface area contributed by atoms with Crippen molar-refractivity contribution >= 4 is 23.5 Å². The van der Waals surface area contributed by atoms with Crippen LogP contribution in [-0.4, -0.2) is 31.6 Å². The van der Waals surface area contributed by atoms with Crippen molar-refractivity contribution in [2.75, 3.05) is 14.2 Å². The second-order valence-corrected chi connectivity index (χ2v) is 6.58. The minimum atomic E-state index is -0.915. The van der Waals surface area contributed by atoms with Crippen LogP contribution in [0.3, 0.4) is 0 Å². The monoisotopic (exact) mass is 353 g/mol. The Labute approximate surface area is 147 Å². The van der Waals surface area contributed by atoms with Gasteiger partial charge in [0.15, 0.2) is 0 Å². The SMILES string of the molecule is COC(=O)C1(NC(=O)Cc2ccc(OC)cc2Cl)CCCCCC1. The lowest BCUT2D eigenvalue weighted by Crippen LogP contribution is -2.55. The van der Waals surface area contributed by atoms with E-state index in [1.165, 1.54) is 7.11 Å². The lowest BCUT2D eigenvalue weighted by atomic mass is 9.89. The maximum atomic E-state index is 12.5. The smallest absolute Gasteiger partial charge is 0.331 e. The van der Waals surface area contributed by atoms with Crippen LogP contribution in [0.1, 0.15) is 44.1 Å². The van der Waals surface area contributed by atoms with E-state index in [0.717, 1.165) is 25.7 Å². The van der Waals surface area contributed by atoms with Gasteiger partial charge in [-0.25, -0.2) is 4.79 Å². The first kappa shape index (κ1) is 18.6. The Hall–Kier alpha value is -1.75. The molecule has 0 spiro atoms. The van der Waals surface area contributed by atoms with Crippen LogP contribution in [0, 0.1) is 0 Å². The predicted octanol–water partition coefficient (Wildman–Crippen LogP) is 3.27. The zero-order chi connectivity index (χ0) is 17.6. The van der Waals surface area contributed by atoms with Crippen molar-refractivity contribution in [2.45, 2.75) is 50.5 Å². The molecule has 132 valence electrons. The summed E-state index contributed by atoms with van der Waals surface area (Å²) in [6.45, 7) is 0. The predicted molar refractivity (Wildman–Crippen MR) is 92.3 cm³/mol. The van der Waals surface area contributed by atoms with Gasteiger partial charge in [-0.1, -0.05) is 43.4 Å². The number of rotatable bonds is 5. The van der Waals surface area contributed by atoms with Gasteiger partial charge in [-0.05, 0) is 30.5 Å². The highest BCUT2D eigenvalue weighted by Crippen LogP contribution is 2.29. The molecule has 2 rings (SSSR count). The molecule has 1 aromatic carbocycles. The summed E-state index contributed by atoms with van der Waals surface area (Å²) in [5.74, 6) is 0.0481. The van der Waals surface area contributed by atoms with Crippen molar-refractivity contribution in [3.05, 3.63) is 28.8 Å². The number of ether oxygens (including phenoxy) is 2. The lowest BCUT2D eigenvalue weighted by molar-refractivity contribution is -0.151. The molecule has 0 heterocycles. The Morgan fingerprint density at radius 1 is 1.17 bits per heavy atom. The van der Waals surface area contributed by atoms with Crippen molar-refractivity contribution in [3.63, 3.8) is 0 Å². The number of benzene rings is 1. The summed E-state index contributed by atoms with van der Waals surface area (Å²) in [5, 5.41) is 3.39. The molecule has 0 unspecified atom stereocenters. The van der Waals surface area contributed by atoms with Crippen molar-refractivity contribution in [3.8, 4) is 5.75 Å². The van der Waals surface area contributed by atoms with Crippen molar-refractivity contribution in [1.82, 2.24) is 5.32 Å². The van der Waals surface area contributed by atoms with Gasteiger partial charge < -0.3 is 14.8 Å². The van der Waals surface area contributed by atoms with Gasteiger partial charge in [0.25, 0.3) is 0 Å². The third-order valence-corrected chi connectivity index (χ3v) is 4.88. The molecule has 0 bridgehead atoms. The largest absolute Gasteiger partial charge is 0.497 e. The lowest BCUT2D eigenvalue weighted by Gasteiger charge is -2.31. The summed E-state index contributed by atoms with van der Waals surface area (Å²) in [6.07, 6.45) is 5.28. The number of hydrogen-bond donors (Lipinski definition) is 1. The molecular weight excluding hydrogens is 330 g/mol. The minimum absolute atomic E-state index is 0.113. The first-order chi connectivity index (χ1) is 11.5. The fourth-order valence-electron chi connectivity index (χ4n) is 3.19. The molecule has 1 saturated carbocycles. The molecule has 0 aromatic heterocycles. The summed E-state index contributed by atoms with van der Waals surface area (Å²) in [7, 11) is 2.92. The average molecular weight is 354 g/mol. The average Bonchev–Trinajstić information content (AvgIpc) is 2.82. The van der Waals surface area contributed by atoms with Gasteiger partial charge in [-0.3, -0.25) is 4.79 Å². The Morgan fingerprint density at radius 3 is 2.38 bits per heavy atom. The second-order valence-electron chi connectivity index (χ2n) is 6.17. The molecule has 1 fully saturated rings. The van der Waals surface area contributed by atoms with E-state index in [1.807, 2.05) is 0 Å². The van der Waals surface area contributed by atoms with Crippen LogP contribution in [0.15, 0.2) is 18.2 Å². The van der Waals surface area contributed by atoms with Crippen LogP contribution >= 0.6 is 11.6 Å². The molecule has 0 saturated heterocycles. The Bertz CT molecular complexity index is 595. The Balaban J connectivity index is 2.11. The number of amides is 1. The third kappa shape index (κ3) is 4.41. The first-order valence-corrected chi connectivity index (χ1v) is 8.60. The fourth-order valence-corrected chi connectivity index (χ4v) is 3.43. The highest BCUT2D eigenvalue weighted by atomic mass is 35.5. The maximum Gasteiger partial charge on any atom is 0.331 e. The molecule has 1 aliphatic carbocycles. The van der Waals surface area contributed by atoms with E-state index in [9.17, 15) is 9.59 Å². The number of carbonyl (C=O) groups is 2. The van der Waals surface area contributed by atoms with Gasteiger partial charge >= 0.3 is 5.97 Å². The van der Waals surface area contributed by atoms with E-state index in [1.54, 1.807) is 25.3 Å². The summed E-state index contributed by atoms with van der Waals surface area (Å²) >= 11 is 6.19. The molecule has 6 heteroatoms. The molecule has 0 atom stereocenters. The van der Waals surface area contributed by atoms with Gasteiger partial charge in [-0.2, -0.15) is 0 Å². The normalized spacial score (nSPS) is 16.8. The highest BCUT2D eigenvalue weighted by molar-refractivity contribution is 6.31. The van der Waals surface area contributed by atoms with Crippen LogP contribution in [0.4, 0.5) is 0 Å². The van der Waals surface area contributed by atoms with Crippen LogP contribution in [0.25, 0.3) is 0 Å². The summed E-state index contributed by atoms with van der Waals surface area (Å²) in [5.41, 5.74) is -0.218.